The molecule has 15 heavy (non-hydrogen) atoms. The maximum Gasteiger partial charge on any atom is 0.217 e. The van der Waals surface area contributed by atoms with Crippen LogP contribution in [-0.4, -0.2) is 30.4 Å². The number of carbonyl (C=O) groups is 3. The first-order valence-electron chi connectivity index (χ1n) is 4.66. The Balaban J connectivity index is 3.81. The zero-order valence-corrected chi connectivity index (χ0v) is 8.83. The van der Waals surface area contributed by atoms with E-state index in [1.165, 1.54) is 13.8 Å². The van der Waals surface area contributed by atoms with E-state index in [0.29, 0.717) is 13.0 Å². The molecule has 0 bridgehead atoms. The summed E-state index contributed by atoms with van der Waals surface area (Å²) in [4.78, 5) is 31.7. The average molecular weight is 215 g/mol. The Labute approximate surface area is 88.0 Å². The normalized spacial score (nSPS) is 11.6. The van der Waals surface area contributed by atoms with Crippen LogP contribution in [0.3, 0.4) is 0 Å². The summed E-state index contributed by atoms with van der Waals surface area (Å²) in [5.74, 6) is -1.89. The molecular formula is C9H15N2O4-. The van der Waals surface area contributed by atoms with Crippen molar-refractivity contribution in [1.82, 2.24) is 10.6 Å². The fourth-order valence-electron chi connectivity index (χ4n) is 1.06. The third-order valence-electron chi connectivity index (χ3n) is 1.71. The maximum absolute atomic E-state index is 10.6. The van der Waals surface area contributed by atoms with Crippen molar-refractivity contribution in [3.63, 3.8) is 0 Å². The molecule has 1 atom stereocenters. The Kier molecular flexibility index (Phi) is 6.08. The second-order valence-electron chi connectivity index (χ2n) is 3.20. The lowest BCUT2D eigenvalue weighted by Crippen LogP contribution is -2.47. The predicted molar refractivity (Wildman–Crippen MR) is 50.5 cm³/mol. The molecule has 0 heterocycles. The summed E-state index contributed by atoms with van der Waals surface area (Å²) in [6.45, 7) is 3.01. The highest BCUT2D eigenvalue weighted by Crippen LogP contribution is 1.95. The molecule has 0 saturated heterocycles. The van der Waals surface area contributed by atoms with Crippen LogP contribution in [0, 0.1) is 0 Å². The van der Waals surface area contributed by atoms with Gasteiger partial charge in [-0.2, -0.15) is 0 Å². The molecule has 0 aliphatic heterocycles. The summed E-state index contributed by atoms with van der Waals surface area (Å²) >= 11 is 0. The molecule has 0 unspecified atom stereocenters. The molecule has 2 N–H and O–H groups in total. The Bertz CT molecular complexity index is 252. The minimum atomic E-state index is -1.31. The van der Waals surface area contributed by atoms with Gasteiger partial charge in [-0.1, -0.05) is 0 Å². The van der Waals surface area contributed by atoms with Crippen LogP contribution in [0.2, 0.25) is 0 Å². The topological polar surface area (TPSA) is 98.3 Å². The summed E-state index contributed by atoms with van der Waals surface area (Å²) in [5.41, 5.74) is 0. The number of carboxylic acids is 1. The van der Waals surface area contributed by atoms with Crippen molar-refractivity contribution in [2.24, 2.45) is 0 Å². The third-order valence-corrected chi connectivity index (χ3v) is 1.71. The van der Waals surface area contributed by atoms with Crippen molar-refractivity contribution in [2.45, 2.75) is 32.7 Å². The number of carbonyl (C=O) groups excluding carboxylic acids is 3. The monoisotopic (exact) mass is 215 g/mol. The third kappa shape index (κ3) is 7.48. The van der Waals surface area contributed by atoms with E-state index in [1.54, 1.807) is 0 Å². The van der Waals surface area contributed by atoms with E-state index in [4.69, 9.17) is 0 Å². The van der Waals surface area contributed by atoms with Gasteiger partial charge < -0.3 is 20.5 Å². The first-order valence-corrected chi connectivity index (χ1v) is 4.66. The van der Waals surface area contributed by atoms with E-state index >= 15 is 0 Å². The van der Waals surface area contributed by atoms with E-state index in [-0.39, 0.29) is 12.3 Å². The second-order valence-corrected chi connectivity index (χ2v) is 3.20. The molecule has 86 valence electrons. The lowest BCUT2D eigenvalue weighted by atomic mass is 10.1. The molecule has 6 heteroatoms. The molecule has 0 spiro atoms. The molecule has 2 amide bonds. The van der Waals surface area contributed by atoms with E-state index in [9.17, 15) is 19.5 Å². The number of hydrogen-bond acceptors (Lipinski definition) is 4. The quantitative estimate of drug-likeness (QED) is 0.508. The molecule has 0 aromatic carbocycles. The number of carboxylic acid groups (broad SMARTS) is 1. The van der Waals surface area contributed by atoms with Crippen molar-refractivity contribution in [3.8, 4) is 0 Å². The molecule has 0 radical (unpaired) electrons. The number of amides is 2. The zero-order chi connectivity index (χ0) is 11.8. The highest BCUT2D eigenvalue weighted by molar-refractivity contribution is 5.81. The Morgan fingerprint density at radius 3 is 2.20 bits per heavy atom. The van der Waals surface area contributed by atoms with Crippen molar-refractivity contribution >= 4 is 17.8 Å². The molecular weight excluding hydrogens is 200 g/mol. The molecule has 0 fully saturated rings. The molecule has 0 saturated carbocycles. The van der Waals surface area contributed by atoms with Gasteiger partial charge in [0.2, 0.25) is 11.8 Å². The summed E-state index contributed by atoms with van der Waals surface area (Å²) in [6.07, 6.45) is 0.709. The molecule has 0 rings (SSSR count). The zero-order valence-electron chi connectivity index (χ0n) is 8.83. The molecule has 0 aliphatic rings. The summed E-state index contributed by atoms with van der Waals surface area (Å²) in [7, 11) is 0. The van der Waals surface area contributed by atoms with Crippen LogP contribution in [0.1, 0.15) is 26.7 Å². The highest BCUT2D eigenvalue weighted by atomic mass is 16.4. The first-order chi connectivity index (χ1) is 6.93. The second kappa shape index (κ2) is 6.80. The number of aliphatic carboxylic acids is 1. The van der Waals surface area contributed by atoms with Gasteiger partial charge in [0.25, 0.3) is 0 Å². The lowest BCUT2D eigenvalue weighted by Gasteiger charge is -2.18. The number of hydrogen-bond donors (Lipinski definition) is 2. The van der Waals surface area contributed by atoms with Crippen LogP contribution in [0.25, 0.3) is 0 Å². The van der Waals surface area contributed by atoms with Gasteiger partial charge in [-0.3, -0.25) is 9.59 Å². The van der Waals surface area contributed by atoms with Crippen LogP contribution in [-0.2, 0) is 14.4 Å². The number of rotatable bonds is 6. The van der Waals surface area contributed by atoms with Gasteiger partial charge in [0, 0.05) is 20.4 Å². The van der Waals surface area contributed by atoms with Gasteiger partial charge in [0.15, 0.2) is 0 Å². The SMILES string of the molecule is CC(=O)NCCC[C@H](NC(C)=O)C(=O)[O-]. The molecule has 0 aliphatic carbocycles. The Morgan fingerprint density at radius 1 is 1.20 bits per heavy atom. The Hall–Kier alpha value is -1.59. The molecule has 0 aromatic heterocycles. The average Bonchev–Trinajstić information content (AvgIpc) is 2.08. The summed E-state index contributed by atoms with van der Waals surface area (Å²) < 4.78 is 0. The van der Waals surface area contributed by atoms with Gasteiger partial charge in [-0.25, -0.2) is 0 Å². The van der Waals surface area contributed by atoms with E-state index in [2.05, 4.69) is 10.6 Å². The van der Waals surface area contributed by atoms with Gasteiger partial charge in [-0.05, 0) is 12.8 Å². The van der Waals surface area contributed by atoms with Crippen LogP contribution in [0.15, 0.2) is 0 Å². The summed E-state index contributed by atoms with van der Waals surface area (Å²) in [6, 6.07) is -0.990. The van der Waals surface area contributed by atoms with Crippen LogP contribution in [0.5, 0.6) is 0 Å². The van der Waals surface area contributed by atoms with E-state index < -0.39 is 17.9 Å². The maximum atomic E-state index is 10.6. The lowest BCUT2D eigenvalue weighted by molar-refractivity contribution is -0.308. The van der Waals surface area contributed by atoms with Crippen LogP contribution in [0.4, 0.5) is 0 Å². The summed E-state index contributed by atoms with van der Waals surface area (Å²) in [5, 5.41) is 15.3. The van der Waals surface area contributed by atoms with Crippen molar-refractivity contribution in [1.29, 1.82) is 0 Å². The van der Waals surface area contributed by atoms with Crippen molar-refractivity contribution < 1.29 is 19.5 Å². The number of nitrogens with one attached hydrogen (secondary N) is 2. The van der Waals surface area contributed by atoms with Gasteiger partial charge in [-0.15, -0.1) is 0 Å². The minimum absolute atomic E-state index is 0.167. The molecule has 0 aromatic rings. The van der Waals surface area contributed by atoms with Crippen LogP contribution < -0.4 is 15.7 Å². The van der Waals surface area contributed by atoms with Crippen molar-refractivity contribution in [3.05, 3.63) is 0 Å². The smallest absolute Gasteiger partial charge is 0.217 e. The fourth-order valence-corrected chi connectivity index (χ4v) is 1.06. The standard InChI is InChI=1S/C9H16N2O4/c1-6(12)10-5-3-4-8(9(14)15)11-7(2)13/h8H,3-5H2,1-2H3,(H,10,12)(H,11,13)(H,14,15)/p-1/t8-/m0/s1. The van der Waals surface area contributed by atoms with Gasteiger partial charge >= 0.3 is 0 Å². The fraction of sp³-hybridized carbons (Fsp3) is 0.667. The highest BCUT2D eigenvalue weighted by Gasteiger charge is 2.10. The minimum Gasteiger partial charge on any atom is -0.548 e. The molecule has 6 nitrogen and oxygen atoms in total. The van der Waals surface area contributed by atoms with Crippen LogP contribution >= 0.6 is 0 Å². The largest absolute Gasteiger partial charge is 0.548 e. The first kappa shape index (κ1) is 13.4. The van der Waals surface area contributed by atoms with E-state index in [1.807, 2.05) is 0 Å². The van der Waals surface area contributed by atoms with E-state index in [0.717, 1.165) is 0 Å². The van der Waals surface area contributed by atoms with Gasteiger partial charge in [0.1, 0.15) is 0 Å². The predicted octanol–water partition coefficient (Wildman–Crippen LogP) is -1.84. The Morgan fingerprint density at radius 2 is 1.80 bits per heavy atom. The van der Waals surface area contributed by atoms with Gasteiger partial charge in [0.05, 0.1) is 12.0 Å². The van der Waals surface area contributed by atoms with Crippen molar-refractivity contribution in [2.75, 3.05) is 6.54 Å².